The third kappa shape index (κ3) is 2.52. The quantitative estimate of drug-likeness (QED) is 0.895. The van der Waals surface area contributed by atoms with Crippen molar-refractivity contribution in [2.24, 2.45) is 0 Å². The average Bonchev–Trinajstić information content (AvgIpc) is 2.64. The summed E-state index contributed by atoms with van der Waals surface area (Å²) < 4.78 is 5.88. The third-order valence-electron chi connectivity index (χ3n) is 3.40. The first-order valence-corrected chi connectivity index (χ1v) is 6.58. The molecule has 0 radical (unpaired) electrons. The minimum absolute atomic E-state index is 0.253. The van der Waals surface area contributed by atoms with E-state index in [0.717, 1.165) is 30.9 Å². The van der Waals surface area contributed by atoms with Gasteiger partial charge < -0.3 is 10.1 Å². The Morgan fingerprint density at radius 1 is 1.26 bits per heavy atom. The molecule has 1 aliphatic rings. The van der Waals surface area contributed by atoms with Crippen LogP contribution in [0.3, 0.4) is 0 Å². The molecule has 1 aromatic carbocycles. The van der Waals surface area contributed by atoms with E-state index in [9.17, 15) is 0 Å². The largest absolute Gasteiger partial charge is 0.493 e. The summed E-state index contributed by atoms with van der Waals surface area (Å²) in [5, 5.41) is 3.50. The van der Waals surface area contributed by atoms with Crippen molar-refractivity contribution in [3.63, 3.8) is 0 Å². The van der Waals surface area contributed by atoms with Gasteiger partial charge in [-0.25, -0.2) is 9.97 Å². The highest BCUT2D eigenvalue weighted by Crippen LogP contribution is 2.35. The van der Waals surface area contributed by atoms with Crippen molar-refractivity contribution in [1.82, 2.24) is 9.97 Å². The van der Waals surface area contributed by atoms with Crippen LogP contribution in [0.1, 0.15) is 30.0 Å². The molecule has 19 heavy (non-hydrogen) atoms. The van der Waals surface area contributed by atoms with Crippen LogP contribution >= 0.6 is 0 Å². The summed E-state index contributed by atoms with van der Waals surface area (Å²) in [6.07, 6.45) is 7.23. The number of fused-ring (bicyclic) bond motifs is 1. The van der Waals surface area contributed by atoms with Gasteiger partial charge in [-0.3, -0.25) is 0 Å². The molecule has 1 aromatic heterocycles. The Morgan fingerprint density at radius 2 is 2.11 bits per heavy atom. The molecule has 0 amide bonds. The normalized spacial score (nSPS) is 18.1. The number of hydrogen-bond acceptors (Lipinski definition) is 4. The van der Waals surface area contributed by atoms with Crippen molar-refractivity contribution in [3.05, 3.63) is 48.0 Å². The van der Waals surface area contributed by atoms with Gasteiger partial charge >= 0.3 is 0 Å². The number of nitrogens with zero attached hydrogens (tertiary/aromatic N) is 2. The predicted octanol–water partition coefficient (Wildman–Crippen LogP) is 3.11. The van der Waals surface area contributed by atoms with E-state index >= 15 is 0 Å². The number of para-hydroxylation sites is 1. The molecule has 0 spiro atoms. The molecule has 0 saturated carbocycles. The lowest BCUT2D eigenvalue weighted by Crippen LogP contribution is -2.10. The van der Waals surface area contributed by atoms with Crippen molar-refractivity contribution in [2.45, 2.75) is 25.8 Å². The van der Waals surface area contributed by atoms with Crippen LogP contribution < -0.4 is 10.1 Å². The molecular formula is C15H17N3O. The number of nitrogens with one attached hydrogen (secondary N) is 1. The van der Waals surface area contributed by atoms with Crippen LogP contribution in [-0.2, 0) is 0 Å². The molecule has 3 rings (SSSR count). The summed E-state index contributed by atoms with van der Waals surface area (Å²) in [5.74, 6) is 1.02. The van der Waals surface area contributed by atoms with Crippen LogP contribution in [-0.4, -0.2) is 16.6 Å². The third-order valence-corrected chi connectivity index (χ3v) is 3.40. The van der Waals surface area contributed by atoms with Crippen molar-refractivity contribution >= 4 is 5.69 Å². The highest BCUT2D eigenvalue weighted by atomic mass is 16.5. The fourth-order valence-corrected chi connectivity index (χ4v) is 2.49. The van der Waals surface area contributed by atoms with E-state index in [0.29, 0.717) is 0 Å². The number of ether oxygens (including phenoxy) is 1. The van der Waals surface area contributed by atoms with E-state index < -0.39 is 0 Å². The smallest absolute Gasteiger partial charge is 0.127 e. The number of rotatable bonds is 2. The summed E-state index contributed by atoms with van der Waals surface area (Å²) in [7, 11) is 0. The molecule has 1 atom stereocenters. The Bertz CT molecular complexity index is 557. The maximum Gasteiger partial charge on any atom is 0.127 e. The zero-order valence-corrected chi connectivity index (χ0v) is 11.0. The number of aromatic nitrogens is 2. The Balaban J connectivity index is 1.92. The van der Waals surface area contributed by atoms with Crippen molar-refractivity contribution in [3.8, 4) is 5.75 Å². The molecule has 1 N–H and O–H groups in total. The van der Waals surface area contributed by atoms with Gasteiger partial charge in [0.15, 0.2) is 0 Å². The molecule has 0 aliphatic carbocycles. The van der Waals surface area contributed by atoms with Gasteiger partial charge in [0.25, 0.3) is 0 Å². The summed E-state index contributed by atoms with van der Waals surface area (Å²) in [5.41, 5.74) is 3.36. The highest BCUT2D eigenvalue weighted by Gasteiger charge is 2.20. The van der Waals surface area contributed by atoms with Crippen molar-refractivity contribution in [1.29, 1.82) is 0 Å². The zero-order chi connectivity index (χ0) is 13.1. The molecular weight excluding hydrogens is 238 g/mol. The molecule has 1 aliphatic heterocycles. The first-order valence-electron chi connectivity index (χ1n) is 6.58. The molecule has 0 fully saturated rings. The van der Waals surface area contributed by atoms with Crippen LogP contribution in [0, 0.1) is 6.92 Å². The second-order valence-corrected chi connectivity index (χ2v) is 4.81. The summed E-state index contributed by atoms with van der Waals surface area (Å²) in [6.45, 7) is 2.87. The lowest BCUT2D eigenvalue weighted by molar-refractivity contribution is 0.314. The van der Waals surface area contributed by atoms with Crippen molar-refractivity contribution < 1.29 is 4.74 Å². The van der Waals surface area contributed by atoms with Gasteiger partial charge in [-0.1, -0.05) is 18.2 Å². The Morgan fingerprint density at radius 3 is 2.95 bits per heavy atom. The maximum absolute atomic E-state index is 5.88. The number of anilines is 1. The second-order valence-electron chi connectivity index (χ2n) is 4.81. The Kier molecular flexibility index (Phi) is 3.31. The fourth-order valence-electron chi connectivity index (χ4n) is 2.49. The second kappa shape index (κ2) is 5.26. The molecule has 2 heterocycles. The lowest BCUT2D eigenvalue weighted by Gasteiger charge is -2.20. The SMILES string of the molecule is Cc1cccc2c1OCCCC2Nc1cncnc1. The molecule has 98 valence electrons. The average molecular weight is 255 g/mol. The van der Waals surface area contributed by atoms with Gasteiger partial charge in [0.1, 0.15) is 12.1 Å². The summed E-state index contributed by atoms with van der Waals surface area (Å²) in [4.78, 5) is 8.08. The van der Waals surface area contributed by atoms with Gasteiger partial charge in [0.2, 0.25) is 0 Å². The number of aryl methyl sites for hydroxylation is 1. The highest BCUT2D eigenvalue weighted by molar-refractivity contribution is 5.48. The van der Waals surface area contributed by atoms with Crippen LogP contribution in [0.2, 0.25) is 0 Å². The van der Waals surface area contributed by atoms with Crippen molar-refractivity contribution in [2.75, 3.05) is 11.9 Å². The van der Waals surface area contributed by atoms with Gasteiger partial charge in [0, 0.05) is 5.56 Å². The van der Waals surface area contributed by atoms with Crippen LogP contribution in [0.5, 0.6) is 5.75 Å². The van der Waals surface area contributed by atoms with Crippen LogP contribution in [0.25, 0.3) is 0 Å². The Hall–Kier alpha value is -2.10. The molecule has 2 aromatic rings. The number of hydrogen-bond donors (Lipinski definition) is 1. The van der Waals surface area contributed by atoms with Gasteiger partial charge in [0.05, 0.1) is 30.7 Å². The topological polar surface area (TPSA) is 47.0 Å². The minimum atomic E-state index is 0.253. The van der Waals surface area contributed by atoms with E-state index in [1.165, 1.54) is 11.1 Å². The Labute approximate surface area is 112 Å². The zero-order valence-electron chi connectivity index (χ0n) is 11.0. The minimum Gasteiger partial charge on any atom is -0.493 e. The first-order chi connectivity index (χ1) is 9.34. The van der Waals surface area contributed by atoms with E-state index in [4.69, 9.17) is 4.74 Å². The lowest BCUT2D eigenvalue weighted by atomic mass is 10.00. The monoisotopic (exact) mass is 255 g/mol. The van der Waals surface area contributed by atoms with E-state index in [2.05, 4.69) is 40.4 Å². The van der Waals surface area contributed by atoms with Crippen LogP contribution in [0.15, 0.2) is 36.9 Å². The maximum atomic E-state index is 5.88. The fraction of sp³-hybridized carbons (Fsp3) is 0.333. The number of benzene rings is 1. The molecule has 1 unspecified atom stereocenters. The molecule has 0 bridgehead atoms. The van der Waals surface area contributed by atoms with Crippen LogP contribution in [0.4, 0.5) is 5.69 Å². The van der Waals surface area contributed by atoms with Gasteiger partial charge in [-0.05, 0) is 25.3 Å². The molecule has 4 nitrogen and oxygen atoms in total. The van der Waals surface area contributed by atoms with Gasteiger partial charge in [-0.15, -0.1) is 0 Å². The van der Waals surface area contributed by atoms with E-state index in [-0.39, 0.29) is 6.04 Å². The predicted molar refractivity (Wildman–Crippen MR) is 74.3 cm³/mol. The standard InChI is InChI=1S/C15H17N3O/c1-11-4-2-5-13-14(6-3-7-19-15(11)13)18-12-8-16-10-17-9-12/h2,4-5,8-10,14,18H,3,6-7H2,1H3. The molecule has 4 heteroatoms. The van der Waals surface area contributed by atoms with E-state index in [1.807, 2.05) is 0 Å². The summed E-state index contributed by atoms with van der Waals surface area (Å²) >= 11 is 0. The summed E-state index contributed by atoms with van der Waals surface area (Å²) in [6, 6.07) is 6.56. The van der Waals surface area contributed by atoms with Gasteiger partial charge in [-0.2, -0.15) is 0 Å². The first kappa shape index (κ1) is 12.0. The molecule has 0 saturated heterocycles. The van der Waals surface area contributed by atoms with E-state index in [1.54, 1.807) is 18.7 Å².